The fourth-order valence-corrected chi connectivity index (χ4v) is 4.01. The maximum absolute atomic E-state index is 13.3. The predicted molar refractivity (Wildman–Crippen MR) is 101 cm³/mol. The van der Waals surface area contributed by atoms with Crippen molar-refractivity contribution in [2.75, 3.05) is 27.7 Å². The maximum atomic E-state index is 13.3. The van der Waals surface area contributed by atoms with Gasteiger partial charge in [-0.05, 0) is 24.6 Å². The average molecular weight is 367 g/mol. The van der Waals surface area contributed by atoms with Crippen LogP contribution >= 0.6 is 0 Å². The molecule has 0 spiro atoms. The number of aromatic nitrogens is 2. The standard InChI is InChI=1S/C20H25N5O2/c1-23(2)20(27)18-15-12-25(9-8-16(15)21-22-18)19(26)17-10-13-6-4-5-7-14(13)11-24(17)3/h4-7,17H,8-12H2,1-3H3,(H,21,22). The van der Waals surface area contributed by atoms with Crippen LogP contribution in [-0.4, -0.2) is 70.4 Å². The number of amides is 2. The van der Waals surface area contributed by atoms with E-state index in [-0.39, 0.29) is 17.9 Å². The molecule has 1 N–H and O–H groups in total. The van der Waals surface area contributed by atoms with Gasteiger partial charge in [0, 0.05) is 51.4 Å². The van der Waals surface area contributed by atoms with Crippen LogP contribution in [0.15, 0.2) is 24.3 Å². The van der Waals surface area contributed by atoms with Crippen LogP contribution in [0.5, 0.6) is 0 Å². The Kier molecular flexibility index (Phi) is 4.47. The van der Waals surface area contributed by atoms with Crippen LogP contribution in [0.4, 0.5) is 0 Å². The molecule has 7 nitrogen and oxygen atoms in total. The number of hydrogen-bond acceptors (Lipinski definition) is 4. The fourth-order valence-electron chi connectivity index (χ4n) is 4.01. The van der Waals surface area contributed by atoms with Crippen LogP contribution in [-0.2, 0) is 30.7 Å². The van der Waals surface area contributed by atoms with E-state index in [0.717, 1.165) is 24.2 Å². The van der Waals surface area contributed by atoms with Gasteiger partial charge in [0.2, 0.25) is 5.91 Å². The Balaban J connectivity index is 1.55. The maximum Gasteiger partial charge on any atom is 0.274 e. The highest BCUT2D eigenvalue weighted by molar-refractivity contribution is 5.94. The number of fused-ring (bicyclic) bond motifs is 2. The van der Waals surface area contributed by atoms with Crippen molar-refractivity contribution in [3.63, 3.8) is 0 Å². The van der Waals surface area contributed by atoms with Crippen molar-refractivity contribution in [1.29, 1.82) is 0 Å². The van der Waals surface area contributed by atoms with E-state index in [1.54, 1.807) is 14.1 Å². The van der Waals surface area contributed by atoms with Crippen LogP contribution in [0.1, 0.15) is 32.9 Å². The van der Waals surface area contributed by atoms with Gasteiger partial charge in [0.15, 0.2) is 5.69 Å². The Hall–Kier alpha value is -2.67. The van der Waals surface area contributed by atoms with Gasteiger partial charge in [-0.25, -0.2) is 0 Å². The van der Waals surface area contributed by atoms with Crippen molar-refractivity contribution in [2.24, 2.45) is 0 Å². The lowest BCUT2D eigenvalue weighted by molar-refractivity contribution is -0.138. The van der Waals surface area contributed by atoms with Gasteiger partial charge >= 0.3 is 0 Å². The SMILES string of the molecule is CN(C)C(=O)c1n[nH]c2c1CN(C(=O)C1Cc3ccccc3CN1C)CC2. The van der Waals surface area contributed by atoms with Crippen molar-refractivity contribution in [3.8, 4) is 0 Å². The summed E-state index contributed by atoms with van der Waals surface area (Å²) in [6, 6.07) is 8.15. The highest BCUT2D eigenvalue weighted by Crippen LogP contribution is 2.26. The zero-order chi connectivity index (χ0) is 19.1. The number of nitrogens with zero attached hydrogens (tertiary/aromatic N) is 4. The van der Waals surface area contributed by atoms with Crippen LogP contribution in [0, 0.1) is 0 Å². The number of H-pyrrole nitrogens is 1. The predicted octanol–water partition coefficient (Wildman–Crippen LogP) is 1.05. The summed E-state index contributed by atoms with van der Waals surface area (Å²) in [7, 11) is 5.43. The molecule has 1 unspecified atom stereocenters. The second kappa shape index (κ2) is 6.81. The molecule has 1 atom stereocenters. The molecule has 0 fully saturated rings. The van der Waals surface area contributed by atoms with Crippen molar-refractivity contribution in [1.82, 2.24) is 24.9 Å². The minimum atomic E-state index is -0.165. The smallest absolute Gasteiger partial charge is 0.274 e. The van der Waals surface area contributed by atoms with E-state index in [0.29, 0.717) is 25.2 Å². The normalized spacial score (nSPS) is 19.4. The number of nitrogens with one attached hydrogen (secondary N) is 1. The van der Waals surface area contributed by atoms with E-state index in [1.165, 1.54) is 16.0 Å². The molecule has 2 aromatic rings. The van der Waals surface area contributed by atoms with Gasteiger partial charge in [0.1, 0.15) is 0 Å². The molecule has 0 saturated heterocycles. The Labute approximate surface area is 158 Å². The monoisotopic (exact) mass is 367 g/mol. The second-order valence-corrected chi connectivity index (χ2v) is 7.64. The zero-order valence-corrected chi connectivity index (χ0v) is 16.0. The lowest BCUT2D eigenvalue weighted by Gasteiger charge is -2.37. The molecule has 27 heavy (non-hydrogen) atoms. The Bertz CT molecular complexity index is 888. The van der Waals surface area contributed by atoms with Crippen molar-refractivity contribution in [2.45, 2.75) is 32.0 Å². The first-order valence-corrected chi connectivity index (χ1v) is 9.29. The molecule has 0 aliphatic carbocycles. The summed E-state index contributed by atoms with van der Waals surface area (Å²) in [6.07, 6.45) is 1.42. The van der Waals surface area contributed by atoms with E-state index in [2.05, 4.69) is 27.2 Å². The summed E-state index contributed by atoms with van der Waals surface area (Å²) >= 11 is 0. The number of hydrogen-bond donors (Lipinski definition) is 1. The molecule has 0 radical (unpaired) electrons. The average Bonchev–Trinajstić information content (AvgIpc) is 3.09. The first kappa shape index (κ1) is 17.7. The molecule has 0 saturated carbocycles. The lowest BCUT2D eigenvalue weighted by Crippen LogP contribution is -2.51. The summed E-state index contributed by atoms with van der Waals surface area (Å²) in [5.41, 5.74) is 4.78. The number of benzene rings is 1. The summed E-state index contributed by atoms with van der Waals surface area (Å²) in [5.74, 6) is -0.00684. The van der Waals surface area contributed by atoms with Crippen LogP contribution < -0.4 is 0 Å². The van der Waals surface area contributed by atoms with Gasteiger partial charge in [-0.15, -0.1) is 0 Å². The third-order valence-corrected chi connectivity index (χ3v) is 5.62. The van der Waals surface area contributed by atoms with Crippen LogP contribution in [0.25, 0.3) is 0 Å². The van der Waals surface area contributed by atoms with Gasteiger partial charge in [0.25, 0.3) is 5.91 Å². The highest BCUT2D eigenvalue weighted by atomic mass is 16.2. The van der Waals surface area contributed by atoms with E-state index in [9.17, 15) is 9.59 Å². The van der Waals surface area contributed by atoms with Gasteiger partial charge < -0.3 is 9.80 Å². The summed E-state index contributed by atoms with van der Waals surface area (Å²) < 4.78 is 0. The minimum absolute atomic E-state index is 0.127. The Morgan fingerprint density at radius 1 is 1.19 bits per heavy atom. The molecule has 2 aliphatic heterocycles. The molecule has 7 heteroatoms. The zero-order valence-electron chi connectivity index (χ0n) is 16.0. The number of carbonyl (C=O) groups is 2. The van der Waals surface area contributed by atoms with E-state index in [1.807, 2.05) is 24.1 Å². The first-order valence-electron chi connectivity index (χ1n) is 9.29. The van der Waals surface area contributed by atoms with Gasteiger partial charge in [0.05, 0.1) is 6.04 Å². The quantitative estimate of drug-likeness (QED) is 0.861. The third-order valence-electron chi connectivity index (χ3n) is 5.62. The third kappa shape index (κ3) is 3.12. The molecule has 1 aromatic carbocycles. The minimum Gasteiger partial charge on any atom is -0.343 e. The number of likely N-dealkylation sites (N-methyl/N-ethyl adjacent to an activating group) is 1. The van der Waals surface area contributed by atoms with Crippen molar-refractivity contribution >= 4 is 11.8 Å². The van der Waals surface area contributed by atoms with Crippen molar-refractivity contribution in [3.05, 3.63) is 52.3 Å². The second-order valence-electron chi connectivity index (χ2n) is 7.64. The van der Waals surface area contributed by atoms with Gasteiger partial charge in [-0.1, -0.05) is 24.3 Å². The van der Waals surface area contributed by atoms with Crippen molar-refractivity contribution < 1.29 is 9.59 Å². The molecule has 0 bridgehead atoms. The molecular formula is C20H25N5O2. The molecular weight excluding hydrogens is 342 g/mol. The van der Waals surface area contributed by atoms with E-state index in [4.69, 9.17) is 0 Å². The molecule has 4 rings (SSSR count). The highest BCUT2D eigenvalue weighted by Gasteiger charge is 2.35. The number of carbonyl (C=O) groups excluding carboxylic acids is 2. The first-order chi connectivity index (χ1) is 13.0. The molecule has 142 valence electrons. The lowest BCUT2D eigenvalue weighted by atomic mass is 9.93. The number of rotatable bonds is 2. The van der Waals surface area contributed by atoms with Crippen LogP contribution in [0.2, 0.25) is 0 Å². The molecule has 2 amide bonds. The Morgan fingerprint density at radius 3 is 2.67 bits per heavy atom. The molecule has 1 aromatic heterocycles. The largest absolute Gasteiger partial charge is 0.343 e. The van der Waals surface area contributed by atoms with E-state index >= 15 is 0 Å². The summed E-state index contributed by atoms with van der Waals surface area (Å²) in [5, 5.41) is 7.18. The number of aromatic amines is 1. The molecule has 3 heterocycles. The van der Waals surface area contributed by atoms with Gasteiger partial charge in [-0.2, -0.15) is 5.10 Å². The topological polar surface area (TPSA) is 72.5 Å². The summed E-state index contributed by atoms with van der Waals surface area (Å²) in [4.78, 5) is 31.2. The molecule has 2 aliphatic rings. The Morgan fingerprint density at radius 2 is 1.93 bits per heavy atom. The summed E-state index contributed by atoms with van der Waals surface area (Å²) in [6.45, 7) is 1.86. The van der Waals surface area contributed by atoms with E-state index < -0.39 is 0 Å². The van der Waals surface area contributed by atoms with Gasteiger partial charge in [-0.3, -0.25) is 19.6 Å². The van der Waals surface area contributed by atoms with Crippen LogP contribution in [0.3, 0.4) is 0 Å². The fraction of sp³-hybridized carbons (Fsp3) is 0.450.